The van der Waals surface area contributed by atoms with Gasteiger partial charge in [-0.1, -0.05) is 29.8 Å². The number of nitrogens with two attached hydrogens (primary N) is 1. The fourth-order valence-electron chi connectivity index (χ4n) is 1.80. The zero-order chi connectivity index (χ0) is 15.2. The van der Waals surface area contributed by atoms with Crippen molar-refractivity contribution in [2.24, 2.45) is 0 Å². The molecule has 2 rings (SSSR count). The highest BCUT2D eigenvalue weighted by atomic mass is 35.5. The van der Waals surface area contributed by atoms with Crippen molar-refractivity contribution >= 4 is 23.3 Å². The van der Waals surface area contributed by atoms with Crippen LogP contribution in [-0.2, 0) is 11.3 Å². The van der Waals surface area contributed by atoms with Crippen LogP contribution in [0.3, 0.4) is 0 Å². The molecule has 21 heavy (non-hydrogen) atoms. The largest absolute Gasteiger partial charge is 0.492 e. The lowest BCUT2D eigenvalue weighted by atomic mass is 10.2. The number of halogens is 1. The van der Waals surface area contributed by atoms with Crippen molar-refractivity contribution in [3.63, 3.8) is 0 Å². The minimum atomic E-state index is -0.454. The summed E-state index contributed by atoms with van der Waals surface area (Å²) < 4.78 is 10.6. The molecule has 0 spiro atoms. The Balaban J connectivity index is 2.04. The molecule has 0 fully saturated rings. The number of anilines is 1. The summed E-state index contributed by atoms with van der Waals surface area (Å²) in [6, 6.07) is 12.0. The van der Waals surface area contributed by atoms with E-state index in [1.807, 2.05) is 25.1 Å². The van der Waals surface area contributed by atoms with E-state index in [0.717, 1.165) is 5.56 Å². The molecule has 0 radical (unpaired) electrons. The van der Waals surface area contributed by atoms with Gasteiger partial charge in [-0.15, -0.1) is 0 Å². The molecule has 0 heterocycles. The number of rotatable bonds is 5. The SMILES string of the molecule is CCOc1ccc(C(=O)OCc2ccccc2Cl)cc1N. The van der Waals surface area contributed by atoms with Gasteiger partial charge in [-0.2, -0.15) is 0 Å². The molecule has 0 amide bonds. The summed E-state index contributed by atoms with van der Waals surface area (Å²) in [5, 5.41) is 0.566. The van der Waals surface area contributed by atoms with Crippen LogP contribution in [0, 0.1) is 0 Å². The van der Waals surface area contributed by atoms with E-state index in [-0.39, 0.29) is 6.61 Å². The predicted molar refractivity (Wildman–Crippen MR) is 82.6 cm³/mol. The monoisotopic (exact) mass is 305 g/mol. The van der Waals surface area contributed by atoms with Gasteiger partial charge >= 0.3 is 5.97 Å². The van der Waals surface area contributed by atoms with Crippen molar-refractivity contribution in [2.45, 2.75) is 13.5 Å². The number of hydrogen-bond acceptors (Lipinski definition) is 4. The van der Waals surface area contributed by atoms with Gasteiger partial charge < -0.3 is 15.2 Å². The summed E-state index contributed by atoms with van der Waals surface area (Å²) in [5.41, 5.74) is 7.36. The van der Waals surface area contributed by atoms with E-state index < -0.39 is 5.97 Å². The molecule has 0 saturated carbocycles. The van der Waals surface area contributed by atoms with Crippen molar-refractivity contribution in [1.29, 1.82) is 0 Å². The van der Waals surface area contributed by atoms with Gasteiger partial charge in [0.1, 0.15) is 12.4 Å². The fraction of sp³-hybridized carbons (Fsp3) is 0.188. The Morgan fingerprint density at radius 2 is 2.00 bits per heavy atom. The van der Waals surface area contributed by atoms with Crippen LogP contribution in [0.1, 0.15) is 22.8 Å². The quantitative estimate of drug-likeness (QED) is 0.676. The third-order valence-corrected chi connectivity index (χ3v) is 3.23. The molecule has 4 nitrogen and oxygen atoms in total. The zero-order valence-corrected chi connectivity index (χ0v) is 12.4. The number of esters is 1. The first-order valence-electron chi connectivity index (χ1n) is 6.54. The highest BCUT2D eigenvalue weighted by Crippen LogP contribution is 2.23. The molecule has 110 valence electrons. The highest BCUT2D eigenvalue weighted by molar-refractivity contribution is 6.31. The Bertz CT molecular complexity index is 643. The summed E-state index contributed by atoms with van der Waals surface area (Å²) in [4.78, 5) is 12.0. The second kappa shape index (κ2) is 6.99. The van der Waals surface area contributed by atoms with E-state index >= 15 is 0 Å². The predicted octanol–water partition coefficient (Wildman–Crippen LogP) is 3.68. The Hall–Kier alpha value is -2.20. The van der Waals surface area contributed by atoms with Crippen LogP contribution in [0.2, 0.25) is 5.02 Å². The third-order valence-electron chi connectivity index (χ3n) is 2.86. The number of carbonyl (C=O) groups excluding carboxylic acids is 1. The van der Waals surface area contributed by atoms with Crippen LogP contribution in [0.15, 0.2) is 42.5 Å². The topological polar surface area (TPSA) is 61.5 Å². The molecule has 5 heteroatoms. The van der Waals surface area contributed by atoms with Crippen LogP contribution >= 0.6 is 11.6 Å². The van der Waals surface area contributed by atoms with Crippen LogP contribution in [-0.4, -0.2) is 12.6 Å². The van der Waals surface area contributed by atoms with E-state index in [4.69, 9.17) is 26.8 Å². The first kappa shape index (κ1) is 15.2. The molecule has 2 aromatic rings. The van der Waals surface area contributed by atoms with Gasteiger partial charge in [0, 0.05) is 10.6 Å². The van der Waals surface area contributed by atoms with Crippen LogP contribution in [0.4, 0.5) is 5.69 Å². The molecule has 0 unspecified atom stereocenters. The normalized spacial score (nSPS) is 10.2. The molecule has 0 aliphatic heterocycles. The molecule has 0 aliphatic rings. The second-order valence-corrected chi connectivity index (χ2v) is 4.76. The second-order valence-electron chi connectivity index (χ2n) is 4.35. The molecule has 0 bridgehead atoms. The number of nitrogen functional groups attached to an aromatic ring is 1. The van der Waals surface area contributed by atoms with Gasteiger partial charge in [-0.25, -0.2) is 4.79 Å². The minimum Gasteiger partial charge on any atom is -0.492 e. The van der Waals surface area contributed by atoms with Crippen molar-refractivity contribution in [2.75, 3.05) is 12.3 Å². The first-order valence-corrected chi connectivity index (χ1v) is 6.92. The molecule has 0 saturated heterocycles. The van der Waals surface area contributed by atoms with E-state index in [2.05, 4.69) is 0 Å². The van der Waals surface area contributed by atoms with Crippen LogP contribution in [0.25, 0.3) is 0 Å². The lowest BCUT2D eigenvalue weighted by Gasteiger charge is -2.09. The summed E-state index contributed by atoms with van der Waals surface area (Å²) in [6.45, 7) is 2.50. The number of carbonyl (C=O) groups is 1. The number of benzene rings is 2. The molecule has 2 N–H and O–H groups in total. The van der Waals surface area contributed by atoms with Crippen LogP contribution in [0.5, 0.6) is 5.75 Å². The molecular weight excluding hydrogens is 290 g/mol. The van der Waals surface area contributed by atoms with Gasteiger partial charge in [0.05, 0.1) is 17.9 Å². The highest BCUT2D eigenvalue weighted by Gasteiger charge is 2.11. The van der Waals surface area contributed by atoms with Crippen molar-refractivity contribution in [3.8, 4) is 5.75 Å². The third kappa shape index (κ3) is 3.89. The van der Waals surface area contributed by atoms with Crippen molar-refractivity contribution < 1.29 is 14.3 Å². The Kier molecular flexibility index (Phi) is 5.06. The zero-order valence-electron chi connectivity index (χ0n) is 11.6. The van der Waals surface area contributed by atoms with E-state index in [1.54, 1.807) is 24.3 Å². The van der Waals surface area contributed by atoms with Crippen molar-refractivity contribution in [3.05, 3.63) is 58.6 Å². The Morgan fingerprint density at radius 1 is 1.24 bits per heavy atom. The number of hydrogen-bond donors (Lipinski definition) is 1. The van der Waals surface area contributed by atoms with Crippen LogP contribution < -0.4 is 10.5 Å². The minimum absolute atomic E-state index is 0.117. The fourth-order valence-corrected chi connectivity index (χ4v) is 1.99. The average Bonchev–Trinajstić information content (AvgIpc) is 2.48. The maximum Gasteiger partial charge on any atom is 0.338 e. The smallest absolute Gasteiger partial charge is 0.338 e. The van der Waals surface area contributed by atoms with Gasteiger partial charge in [0.2, 0.25) is 0 Å². The van der Waals surface area contributed by atoms with Gasteiger partial charge in [-0.05, 0) is 31.2 Å². The van der Waals surface area contributed by atoms with Gasteiger partial charge in [0.15, 0.2) is 0 Å². The molecule has 0 aromatic heterocycles. The van der Waals surface area contributed by atoms with Crippen molar-refractivity contribution in [1.82, 2.24) is 0 Å². The maximum atomic E-state index is 12.0. The molecule has 2 aromatic carbocycles. The molecular formula is C16H16ClNO3. The van der Waals surface area contributed by atoms with Gasteiger partial charge in [0.25, 0.3) is 0 Å². The first-order chi connectivity index (χ1) is 10.1. The number of ether oxygens (including phenoxy) is 2. The maximum absolute atomic E-state index is 12.0. The van der Waals surface area contributed by atoms with E-state index in [0.29, 0.717) is 28.6 Å². The Labute approximate surface area is 128 Å². The summed E-state index contributed by atoms with van der Waals surface area (Å²) >= 11 is 6.01. The van der Waals surface area contributed by atoms with E-state index in [1.165, 1.54) is 0 Å². The summed E-state index contributed by atoms with van der Waals surface area (Å²) in [7, 11) is 0. The lowest BCUT2D eigenvalue weighted by molar-refractivity contribution is 0.0473. The molecule has 0 atom stereocenters. The Morgan fingerprint density at radius 3 is 2.67 bits per heavy atom. The summed E-state index contributed by atoms with van der Waals surface area (Å²) in [5.74, 6) is 0.102. The summed E-state index contributed by atoms with van der Waals surface area (Å²) in [6.07, 6.45) is 0. The standard InChI is InChI=1S/C16H16ClNO3/c1-2-20-15-8-7-11(9-14(15)18)16(19)21-10-12-5-3-4-6-13(12)17/h3-9H,2,10,18H2,1H3. The average molecular weight is 306 g/mol. The molecule has 0 aliphatic carbocycles. The van der Waals surface area contributed by atoms with E-state index in [9.17, 15) is 4.79 Å². The van der Waals surface area contributed by atoms with Gasteiger partial charge in [-0.3, -0.25) is 0 Å². The lowest BCUT2D eigenvalue weighted by Crippen LogP contribution is -2.07.